The summed E-state index contributed by atoms with van der Waals surface area (Å²) < 4.78 is 15.8. The Morgan fingerprint density at radius 3 is 2.25 bits per heavy atom. The Morgan fingerprint density at radius 2 is 1.64 bits per heavy atom. The molecule has 2 amide bonds. The monoisotopic (exact) mass is 425 g/mol. The third-order valence-corrected chi connectivity index (χ3v) is 4.23. The molecule has 0 saturated heterocycles. The number of halogens is 2. The molecule has 0 radical (unpaired) electrons. The Labute approximate surface area is 171 Å². The SMILES string of the molecule is COc1ccc(/C=N/NC(=O)C(=O)Nc2ccc(Cl)c(Cl)c2)c(OC)c1OC. The summed E-state index contributed by atoms with van der Waals surface area (Å²) in [6.45, 7) is 0. The second kappa shape index (κ2) is 9.82. The van der Waals surface area contributed by atoms with E-state index in [1.165, 1.54) is 45.7 Å². The Morgan fingerprint density at radius 1 is 0.929 bits per heavy atom. The first kappa shape index (κ1) is 21.3. The second-order valence-corrected chi connectivity index (χ2v) is 6.02. The van der Waals surface area contributed by atoms with Gasteiger partial charge in [-0.05, 0) is 30.3 Å². The fraction of sp³-hybridized carbons (Fsp3) is 0.167. The first-order valence-corrected chi connectivity index (χ1v) is 8.55. The molecular weight excluding hydrogens is 409 g/mol. The van der Waals surface area contributed by atoms with Gasteiger partial charge in [-0.2, -0.15) is 5.10 Å². The lowest BCUT2D eigenvalue weighted by Crippen LogP contribution is -2.32. The quantitative estimate of drug-likeness (QED) is 0.420. The first-order valence-electron chi connectivity index (χ1n) is 7.79. The third-order valence-electron chi connectivity index (χ3n) is 3.49. The van der Waals surface area contributed by atoms with Gasteiger partial charge in [-0.1, -0.05) is 23.2 Å². The molecule has 28 heavy (non-hydrogen) atoms. The molecule has 0 aliphatic heterocycles. The van der Waals surface area contributed by atoms with Gasteiger partial charge in [-0.3, -0.25) is 9.59 Å². The van der Waals surface area contributed by atoms with Crippen LogP contribution in [-0.2, 0) is 9.59 Å². The number of anilines is 1. The average Bonchev–Trinajstić information content (AvgIpc) is 2.69. The summed E-state index contributed by atoms with van der Waals surface area (Å²) in [4.78, 5) is 23.8. The van der Waals surface area contributed by atoms with Crippen molar-refractivity contribution in [2.75, 3.05) is 26.6 Å². The van der Waals surface area contributed by atoms with E-state index in [1.807, 2.05) is 0 Å². The van der Waals surface area contributed by atoms with Crippen molar-refractivity contribution in [2.24, 2.45) is 5.10 Å². The van der Waals surface area contributed by atoms with E-state index < -0.39 is 11.8 Å². The van der Waals surface area contributed by atoms with Crippen LogP contribution >= 0.6 is 23.2 Å². The standard InChI is InChI=1S/C18H17Cl2N3O5/c1-26-14-7-4-10(15(27-2)16(14)28-3)9-21-23-18(25)17(24)22-11-5-6-12(19)13(20)8-11/h4-9H,1-3H3,(H,22,24)(H,23,25)/b21-9+. The minimum absolute atomic E-state index is 0.249. The zero-order chi connectivity index (χ0) is 20.7. The minimum atomic E-state index is -0.971. The largest absolute Gasteiger partial charge is 0.493 e. The summed E-state index contributed by atoms with van der Waals surface area (Å²) in [7, 11) is 4.42. The fourth-order valence-electron chi connectivity index (χ4n) is 2.20. The van der Waals surface area contributed by atoms with Gasteiger partial charge in [0.15, 0.2) is 11.5 Å². The third kappa shape index (κ3) is 5.05. The van der Waals surface area contributed by atoms with Crippen LogP contribution in [0.4, 0.5) is 5.69 Å². The number of hydrogen-bond donors (Lipinski definition) is 2. The van der Waals surface area contributed by atoms with Crippen LogP contribution in [0.25, 0.3) is 0 Å². The predicted octanol–water partition coefficient (Wildman–Crippen LogP) is 3.11. The first-order chi connectivity index (χ1) is 13.4. The van der Waals surface area contributed by atoms with Gasteiger partial charge in [0.1, 0.15) is 0 Å². The molecule has 0 bridgehead atoms. The molecule has 0 aliphatic carbocycles. The highest BCUT2D eigenvalue weighted by molar-refractivity contribution is 6.42. The maximum absolute atomic E-state index is 11.9. The van der Waals surface area contributed by atoms with E-state index in [4.69, 9.17) is 37.4 Å². The van der Waals surface area contributed by atoms with Crippen LogP contribution in [0.5, 0.6) is 17.2 Å². The normalized spacial score (nSPS) is 10.5. The predicted molar refractivity (Wildman–Crippen MR) is 107 cm³/mol. The van der Waals surface area contributed by atoms with E-state index in [9.17, 15) is 9.59 Å². The summed E-state index contributed by atoms with van der Waals surface area (Å²) in [5, 5.41) is 6.73. The highest BCUT2D eigenvalue weighted by Crippen LogP contribution is 2.38. The molecule has 0 saturated carbocycles. The number of carbonyl (C=O) groups excluding carboxylic acids is 2. The number of amides is 2. The van der Waals surface area contributed by atoms with E-state index in [0.717, 1.165) is 0 Å². The molecule has 2 aromatic carbocycles. The minimum Gasteiger partial charge on any atom is -0.493 e. The van der Waals surface area contributed by atoms with Gasteiger partial charge < -0.3 is 19.5 Å². The topological polar surface area (TPSA) is 98.2 Å². The summed E-state index contributed by atoms with van der Waals surface area (Å²) in [6, 6.07) is 7.75. The zero-order valence-corrected chi connectivity index (χ0v) is 16.7. The van der Waals surface area contributed by atoms with Gasteiger partial charge >= 0.3 is 11.8 Å². The highest BCUT2D eigenvalue weighted by atomic mass is 35.5. The molecule has 2 aromatic rings. The van der Waals surface area contributed by atoms with Gasteiger partial charge in [-0.25, -0.2) is 5.43 Å². The number of carbonyl (C=O) groups is 2. The van der Waals surface area contributed by atoms with Crippen molar-refractivity contribution in [3.05, 3.63) is 45.9 Å². The van der Waals surface area contributed by atoms with Crippen molar-refractivity contribution in [3.63, 3.8) is 0 Å². The molecule has 2 N–H and O–H groups in total. The molecule has 0 fully saturated rings. The molecule has 0 aromatic heterocycles. The Balaban J connectivity index is 2.06. The molecule has 2 rings (SSSR count). The van der Waals surface area contributed by atoms with Crippen molar-refractivity contribution in [1.29, 1.82) is 0 Å². The summed E-state index contributed by atoms with van der Waals surface area (Å²) in [5.74, 6) is -0.684. The van der Waals surface area contributed by atoms with E-state index in [1.54, 1.807) is 12.1 Å². The van der Waals surface area contributed by atoms with E-state index in [-0.39, 0.29) is 5.02 Å². The number of nitrogens with zero attached hydrogens (tertiary/aromatic N) is 1. The van der Waals surface area contributed by atoms with Gasteiger partial charge in [0.25, 0.3) is 0 Å². The van der Waals surface area contributed by atoms with E-state index >= 15 is 0 Å². The second-order valence-electron chi connectivity index (χ2n) is 5.21. The summed E-state index contributed by atoms with van der Waals surface area (Å²) in [5.41, 5.74) is 2.95. The van der Waals surface area contributed by atoms with Gasteiger partial charge in [0, 0.05) is 11.3 Å². The van der Waals surface area contributed by atoms with Crippen LogP contribution in [0.3, 0.4) is 0 Å². The number of methoxy groups -OCH3 is 3. The van der Waals surface area contributed by atoms with E-state index in [0.29, 0.717) is 33.5 Å². The number of hydrogen-bond acceptors (Lipinski definition) is 6. The van der Waals surface area contributed by atoms with Crippen LogP contribution in [0.15, 0.2) is 35.4 Å². The molecule has 0 atom stereocenters. The molecule has 0 aliphatic rings. The van der Waals surface area contributed by atoms with Gasteiger partial charge in [0.05, 0.1) is 37.6 Å². The van der Waals surface area contributed by atoms with Crippen molar-refractivity contribution in [3.8, 4) is 17.2 Å². The maximum Gasteiger partial charge on any atom is 0.329 e. The van der Waals surface area contributed by atoms with Crippen molar-refractivity contribution < 1.29 is 23.8 Å². The van der Waals surface area contributed by atoms with Gasteiger partial charge in [0.2, 0.25) is 5.75 Å². The van der Waals surface area contributed by atoms with E-state index in [2.05, 4.69) is 15.8 Å². The molecule has 148 valence electrons. The van der Waals surface area contributed by atoms with Crippen LogP contribution in [-0.4, -0.2) is 39.4 Å². The van der Waals surface area contributed by atoms with Crippen LogP contribution in [0.2, 0.25) is 10.0 Å². The smallest absolute Gasteiger partial charge is 0.329 e. The molecule has 10 heteroatoms. The van der Waals surface area contributed by atoms with Crippen LogP contribution < -0.4 is 25.0 Å². The zero-order valence-electron chi connectivity index (χ0n) is 15.2. The number of hydrazone groups is 1. The molecular formula is C18H17Cl2N3O5. The lowest BCUT2D eigenvalue weighted by atomic mass is 10.2. The van der Waals surface area contributed by atoms with Crippen molar-refractivity contribution in [1.82, 2.24) is 5.43 Å². The Bertz CT molecular complexity index is 918. The Kier molecular flexibility index (Phi) is 7.48. The van der Waals surface area contributed by atoms with Crippen molar-refractivity contribution in [2.45, 2.75) is 0 Å². The van der Waals surface area contributed by atoms with Crippen molar-refractivity contribution >= 4 is 46.9 Å². The maximum atomic E-state index is 11.9. The summed E-state index contributed by atoms with van der Waals surface area (Å²) >= 11 is 11.7. The lowest BCUT2D eigenvalue weighted by Gasteiger charge is -2.13. The highest BCUT2D eigenvalue weighted by Gasteiger charge is 2.16. The van der Waals surface area contributed by atoms with Gasteiger partial charge in [-0.15, -0.1) is 0 Å². The molecule has 0 spiro atoms. The number of benzene rings is 2. The molecule has 0 unspecified atom stereocenters. The molecule has 8 nitrogen and oxygen atoms in total. The Hall–Kier alpha value is -2.97. The lowest BCUT2D eigenvalue weighted by molar-refractivity contribution is -0.136. The fourth-order valence-corrected chi connectivity index (χ4v) is 2.50. The van der Waals surface area contributed by atoms with Crippen LogP contribution in [0.1, 0.15) is 5.56 Å². The number of nitrogens with one attached hydrogen (secondary N) is 2. The molecule has 0 heterocycles. The summed E-state index contributed by atoms with van der Waals surface area (Å²) in [6.07, 6.45) is 1.31. The number of ether oxygens (including phenoxy) is 3. The average molecular weight is 426 g/mol. The number of rotatable bonds is 6. The van der Waals surface area contributed by atoms with Crippen LogP contribution in [0, 0.1) is 0 Å².